The highest BCUT2D eigenvalue weighted by molar-refractivity contribution is 7.85. The van der Waals surface area contributed by atoms with E-state index in [0.717, 1.165) is 25.7 Å². The van der Waals surface area contributed by atoms with Gasteiger partial charge >= 0.3 is 0 Å². The van der Waals surface area contributed by atoms with Crippen LogP contribution in [-0.4, -0.2) is 53.6 Å². The Morgan fingerprint density at radius 1 is 1.11 bits per heavy atom. The fraction of sp³-hybridized carbons (Fsp3) is 0.964. The molecule has 4 rings (SSSR count). The van der Waals surface area contributed by atoms with E-state index in [1.165, 1.54) is 0 Å². The van der Waals surface area contributed by atoms with Crippen LogP contribution in [0.5, 0.6) is 0 Å². The van der Waals surface area contributed by atoms with Gasteiger partial charge in [-0.2, -0.15) is 8.42 Å². The Kier molecular flexibility index (Phi) is 6.44. The van der Waals surface area contributed by atoms with Crippen molar-refractivity contribution in [2.75, 3.05) is 12.3 Å². The third kappa shape index (κ3) is 5.13. The predicted molar refractivity (Wildman–Crippen MR) is 140 cm³/mol. The largest absolute Gasteiger partial charge is 0.393 e. The second-order valence-electron chi connectivity index (χ2n) is 12.9. The normalized spacial score (nSPS) is 48.1. The van der Waals surface area contributed by atoms with Gasteiger partial charge in [-0.15, -0.1) is 0 Å². The van der Waals surface area contributed by atoms with E-state index in [1.807, 2.05) is 0 Å². The van der Waals surface area contributed by atoms with Gasteiger partial charge in [0.15, 0.2) is 0 Å². The summed E-state index contributed by atoms with van der Waals surface area (Å²) in [6.07, 6.45) is 1.70. The summed E-state index contributed by atoms with van der Waals surface area (Å²) in [5.41, 5.74) is -0.505. The highest BCUT2D eigenvalue weighted by atomic mass is 32.2. The minimum Gasteiger partial charge on any atom is -0.393 e. The average Bonchev–Trinajstić information content (AvgIpc) is 3.19. The first kappa shape index (κ1) is 22.2. The van der Waals surface area contributed by atoms with Crippen LogP contribution in [0.15, 0.2) is 0 Å². The van der Waals surface area contributed by atoms with Crippen molar-refractivity contribution >= 4 is 16.0 Å². The number of aliphatic hydroxyl groups is 2. The molecule has 8 heteroatoms. The number of carbonyl (C=O) groups excluding carboxylic acids is 1. The molecule has 0 saturated heterocycles. The summed E-state index contributed by atoms with van der Waals surface area (Å²) in [5.74, 6) is -1.84. The molecule has 0 aromatic rings. The number of aliphatic hydroxyl groups excluding tert-OH is 2. The van der Waals surface area contributed by atoms with Crippen LogP contribution >= 0.6 is 0 Å². The molecule has 0 spiro atoms. The molecule has 1 amide bonds. The zero-order chi connectivity index (χ0) is 30.8. The number of fused-ring (bicyclic) bond motifs is 5. The zero-order valence-electron chi connectivity index (χ0n) is 26.9. The Balaban J connectivity index is 1.55. The molecule has 4 aliphatic rings. The fourth-order valence-corrected chi connectivity index (χ4v) is 9.77. The maximum absolute atomic E-state index is 12.3. The van der Waals surface area contributed by atoms with Gasteiger partial charge in [0.25, 0.3) is 10.1 Å². The molecule has 0 aromatic heterocycles. The molecular formula is C28H49NO6S. The Hall–Kier alpha value is -0.700. The minimum atomic E-state index is -4.14. The van der Waals surface area contributed by atoms with Gasteiger partial charge in [-0.3, -0.25) is 9.35 Å². The van der Waals surface area contributed by atoms with E-state index in [-0.39, 0.29) is 59.3 Å². The van der Waals surface area contributed by atoms with Gasteiger partial charge in [-0.1, -0.05) is 34.0 Å². The SMILES string of the molecule is [2H]C([2H])([2H])C([2H])([2H])[C@H]1[C@@H](O)[C@@H]2[C@H](CC[C@]3(C)[C@@H]([C@H](C)CCC(=O)NCCS(=O)(=O)O)CC[C@@H]23)[C@@]2(C)CCC(O)C[C@@H]12. The number of carbonyl (C=O) groups is 1. The first-order valence-corrected chi connectivity index (χ1v) is 15.4. The number of amides is 1. The van der Waals surface area contributed by atoms with Crippen LogP contribution in [0.25, 0.3) is 0 Å². The van der Waals surface area contributed by atoms with Crippen LogP contribution in [0.2, 0.25) is 0 Å². The van der Waals surface area contributed by atoms with Crippen LogP contribution in [0, 0.1) is 52.3 Å². The van der Waals surface area contributed by atoms with Crippen molar-refractivity contribution in [1.29, 1.82) is 0 Å². The second-order valence-corrected chi connectivity index (χ2v) is 14.4. The molecule has 4 aliphatic carbocycles. The topological polar surface area (TPSA) is 124 Å². The summed E-state index contributed by atoms with van der Waals surface area (Å²) >= 11 is 0. The highest BCUT2D eigenvalue weighted by Crippen LogP contribution is 2.69. The Morgan fingerprint density at radius 2 is 1.81 bits per heavy atom. The predicted octanol–water partition coefficient (Wildman–Crippen LogP) is 4.03. The molecule has 0 aliphatic heterocycles. The quantitative estimate of drug-likeness (QED) is 0.350. The molecule has 208 valence electrons. The summed E-state index contributed by atoms with van der Waals surface area (Å²) in [7, 11) is -4.14. The van der Waals surface area contributed by atoms with Gasteiger partial charge in [0.2, 0.25) is 5.91 Å². The molecule has 0 radical (unpaired) electrons. The van der Waals surface area contributed by atoms with Crippen molar-refractivity contribution < 1.29 is 34.8 Å². The van der Waals surface area contributed by atoms with E-state index in [9.17, 15) is 23.4 Å². The van der Waals surface area contributed by atoms with Gasteiger partial charge in [-0.25, -0.2) is 0 Å². The van der Waals surface area contributed by atoms with Crippen LogP contribution in [0.4, 0.5) is 0 Å². The summed E-state index contributed by atoms with van der Waals surface area (Å²) < 4.78 is 72.4. The molecule has 4 fully saturated rings. The fourth-order valence-electron chi connectivity index (χ4n) is 9.41. The maximum atomic E-state index is 12.3. The lowest BCUT2D eigenvalue weighted by Crippen LogP contribution is -2.62. The van der Waals surface area contributed by atoms with Crippen molar-refractivity contribution in [3.8, 4) is 0 Å². The monoisotopic (exact) mass is 532 g/mol. The molecule has 0 heterocycles. The smallest absolute Gasteiger partial charge is 0.266 e. The first-order chi connectivity index (χ1) is 18.7. The van der Waals surface area contributed by atoms with E-state index < -0.39 is 53.1 Å². The van der Waals surface area contributed by atoms with Gasteiger partial charge in [0.05, 0.1) is 18.0 Å². The lowest BCUT2D eigenvalue weighted by molar-refractivity contribution is -0.203. The van der Waals surface area contributed by atoms with Gasteiger partial charge in [0.1, 0.15) is 0 Å². The third-order valence-electron chi connectivity index (χ3n) is 11.2. The standard InChI is InChI=1S/C28H49NO6S/c1-5-19-23-16-18(30)10-12-28(23,4)22-11-13-27(3)20(7-8-21(27)25(22)26(19)32)17(2)6-9-24(31)29-14-15-36(33,34)35/h17-23,25-26,30,32H,5-16H2,1-4H3,(H,29,31)(H,33,34,35)/t17-,18?,19-,20-,21+,22+,23+,25+,26-,27-,28-/m1/s1/i1D3,5D2. The van der Waals surface area contributed by atoms with E-state index in [1.54, 1.807) is 0 Å². The molecule has 36 heavy (non-hydrogen) atoms. The molecular weight excluding hydrogens is 478 g/mol. The number of nitrogens with one attached hydrogen (secondary N) is 1. The van der Waals surface area contributed by atoms with Gasteiger partial charge in [0, 0.05) is 19.8 Å². The van der Waals surface area contributed by atoms with E-state index in [0.29, 0.717) is 25.7 Å². The van der Waals surface area contributed by atoms with Crippen LogP contribution in [0.3, 0.4) is 0 Å². The minimum absolute atomic E-state index is 0.104. The Morgan fingerprint density at radius 3 is 2.50 bits per heavy atom. The van der Waals surface area contributed by atoms with Crippen molar-refractivity contribution in [1.82, 2.24) is 5.32 Å². The van der Waals surface area contributed by atoms with Gasteiger partial charge in [-0.05, 0) is 104 Å². The Bertz CT molecular complexity index is 1090. The van der Waals surface area contributed by atoms with Gasteiger partial charge < -0.3 is 15.5 Å². The lowest BCUT2D eigenvalue weighted by Gasteiger charge is -2.64. The molecule has 7 nitrogen and oxygen atoms in total. The number of hydrogen-bond donors (Lipinski definition) is 4. The number of hydrogen-bond acceptors (Lipinski definition) is 5. The van der Waals surface area contributed by atoms with Crippen molar-refractivity contribution in [2.45, 2.75) is 104 Å². The third-order valence-corrected chi connectivity index (χ3v) is 11.9. The molecule has 0 bridgehead atoms. The summed E-state index contributed by atoms with van der Waals surface area (Å²) in [6.45, 7) is 3.49. The van der Waals surface area contributed by atoms with Crippen LogP contribution in [0.1, 0.15) is 98.6 Å². The van der Waals surface area contributed by atoms with E-state index in [4.69, 9.17) is 11.4 Å². The molecule has 4 saturated carbocycles. The molecule has 11 atom stereocenters. The van der Waals surface area contributed by atoms with Crippen molar-refractivity contribution in [3.05, 3.63) is 0 Å². The summed E-state index contributed by atoms with van der Waals surface area (Å²) in [5, 5.41) is 25.1. The second kappa shape index (κ2) is 10.5. The van der Waals surface area contributed by atoms with Crippen LogP contribution in [-0.2, 0) is 14.9 Å². The molecule has 4 N–H and O–H groups in total. The highest BCUT2D eigenvalue weighted by Gasteiger charge is 2.64. The molecule has 0 aromatic carbocycles. The van der Waals surface area contributed by atoms with Crippen LogP contribution < -0.4 is 5.32 Å². The average molecular weight is 533 g/mol. The van der Waals surface area contributed by atoms with Crippen molar-refractivity contribution in [3.63, 3.8) is 0 Å². The summed E-state index contributed by atoms with van der Waals surface area (Å²) in [6, 6.07) is 0. The summed E-state index contributed by atoms with van der Waals surface area (Å²) in [4.78, 5) is 12.3. The van der Waals surface area contributed by atoms with Crippen molar-refractivity contribution in [2.24, 2.45) is 52.3 Å². The maximum Gasteiger partial charge on any atom is 0.266 e. The first-order valence-electron chi connectivity index (χ1n) is 16.3. The lowest BCUT2D eigenvalue weighted by atomic mass is 9.41. The molecule has 1 unspecified atom stereocenters. The van der Waals surface area contributed by atoms with E-state index in [2.05, 4.69) is 26.1 Å². The Labute approximate surface area is 225 Å². The zero-order valence-corrected chi connectivity index (χ0v) is 22.8. The van der Waals surface area contributed by atoms with E-state index >= 15 is 0 Å². The number of rotatable bonds is 8.